The van der Waals surface area contributed by atoms with Crippen molar-refractivity contribution in [2.45, 2.75) is 36.3 Å². The van der Waals surface area contributed by atoms with Gasteiger partial charge < -0.3 is 5.32 Å². The fraction of sp³-hybridized carbons (Fsp3) is 0.316. The van der Waals surface area contributed by atoms with Gasteiger partial charge in [-0.2, -0.15) is 0 Å². The summed E-state index contributed by atoms with van der Waals surface area (Å²) in [6.07, 6.45) is 0.791. The van der Waals surface area contributed by atoms with E-state index in [2.05, 4.69) is 24.4 Å². The van der Waals surface area contributed by atoms with Crippen LogP contribution in [-0.4, -0.2) is 17.7 Å². The summed E-state index contributed by atoms with van der Waals surface area (Å²) in [5, 5.41) is 3.71. The maximum Gasteiger partial charge on any atom is 0.233 e. The number of amides is 1. The summed E-state index contributed by atoms with van der Waals surface area (Å²) >= 11 is 7.48. The van der Waals surface area contributed by atoms with Crippen LogP contribution in [0, 0.1) is 0 Å². The highest BCUT2D eigenvalue weighted by atomic mass is 35.5. The lowest BCUT2D eigenvalue weighted by atomic mass is 10.0. The molecule has 122 valence electrons. The molecule has 2 aromatic carbocycles. The largest absolute Gasteiger partial charge is 0.355 e. The zero-order valence-corrected chi connectivity index (χ0v) is 15.0. The van der Waals surface area contributed by atoms with Crippen molar-refractivity contribution in [1.29, 1.82) is 0 Å². The predicted molar refractivity (Wildman–Crippen MR) is 99.3 cm³/mol. The number of halogens is 1. The molecule has 0 fully saturated rings. The molecule has 0 bridgehead atoms. The van der Waals surface area contributed by atoms with Gasteiger partial charge in [-0.25, -0.2) is 0 Å². The van der Waals surface area contributed by atoms with E-state index < -0.39 is 0 Å². The highest BCUT2D eigenvalue weighted by Crippen LogP contribution is 2.27. The molecular formula is C19H22ClNOS. The van der Waals surface area contributed by atoms with E-state index >= 15 is 0 Å². The van der Waals surface area contributed by atoms with Crippen LogP contribution >= 0.6 is 23.4 Å². The summed E-state index contributed by atoms with van der Waals surface area (Å²) < 4.78 is 0. The average molecular weight is 348 g/mol. The second-order valence-corrected chi connectivity index (χ2v) is 7.24. The number of thioether (sulfide) groups is 1. The molecule has 4 heteroatoms. The molecule has 0 aromatic heterocycles. The maximum absolute atomic E-state index is 12.4. The minimum absolute atomic E-state index is 0.0841. The molecule has 0 aliphatic heterocycles. The summed E-state index contributed by atoms with van der Waals surface area (Å²) in [5.74, 6) is 0.397. The third-order valence-corrected chi connectivity index (χ3v) is 5.33. The first-order valence-electron chi connectivity index (χ1n) is 7.85. The van der Waals surface area contributed by atoms with Gasteiger partial charge in [0.25, 0.3) is 0 Å². The molecule has 0 aliphatic rings. The lowest BCUT2D eigenvalue weighted by Gasteiger charge is -2.17. The smallest absolute Gasteiger partial charge is 0.233 e. The molecule has 0 spiro atoms. The molecule has 2 aromatic rings. The molecule has 1 N–H and O–H groups in total. The first-order chi connectivity index (χ1) is 11.1. The molecule has 2 rings (SSSR count). The SMILES string of the molecule is CC[C@H](Sc1ccc(Cl)cc1)C(=O)NC[C@@H](C)c1ccccc1. The summed E-state index contributed by atoms with van der Waals surface area (Å²) in [6, 6.07) is 17.9. The van der Waals surface area contributed by atoms with Crippen LogP contribution in [0.15, 0.2) is 59.5 Å². The molecule has 2 nitrogen and oxygen atoms in total. The molecular weight excluding hydrogens is 326 g/mol. The topological polar surface area (TPSA) is 29.1 Å². The fourth-order valence-corrected chi connectivity index (χ4v) is 3.37. The normalized spacial score (nSPS) is 13.3. The van der Waals surface area contributed by atoms with Crippen molar-refractivity contribution in [3.05, 3.63) is 65.2 Å². The van der Waals surface area contributed by atoms with Gasteiger partial charge >= 0.3 is 0 Å². The molecule has 0 aliphatic carbocycles. The van der Waals surface area contributed by atoms with Crippen molar-refractivity contribution in [3.8, 4) is 0 Å². The van der Waals surface area contributed by atoms with E-state index in [0.29, 0.717) is 17.5 Å². The standard InChI is InChI=1S/C19H22ClNOS/c1-3-18(23-17-11-9-16(20)10-12-17)19(22)21-13-14(2)15-7-5-4-6-8-15/h4-12,14,18H,3,13H2,1-2H3,(H,21,22)/t14-,18+/m1/s1. The van der Waals surface area contributed by atoms with Gasteiger partial charge in [-0.3, -0.25) is 4.79 Å². The summed E-state index contributed by atoms with van der Waals surface area (Å²) in [6.45, 7) is 4.82. The zero-order valence-electron chi connectivity index (χ0n) is 13.5. The average Bonchev–Trinajstić information content (AvgIpc) is 2.59. The van der Waals surface area contributed by atoms with E-state index in [1.165, 1.54) is 5.56 Å². The van der Waals surface area contributed by atoms with Gasteiger partial charge in [0.2, 0.25) is 5.91 Å². The lowest BCUT2D eigenvalue weighted by molar-refractivity contribution is -0.120. The van der Waals surface area contributed by atoms with E-state index in [-0.39, 0.29) is 11.2 Å². The number of carbonyl (C=O) groups excluding carboxylic acids is 1. The van der Waals surface area contributed by atoms with Crippen molar-refractivity contribution in [1.82, 2.24) is 5.32 Å². The van der Waals surface area contributed by atoms with Gasteiger partial charge in [-0.1, -0.05) is 55.8 Å². The zero-order chi connectivity index (χ0) is 16.7. The van der Waals surface area contributed by atoms with Crippen molar-refractivity contribution in [2.75, 3.05) is 6.54 Å². The molecule has 0 radical (unpaired) electrons. The molecule has 0 saturated carbocycles. The van der Waals surface area contributed by atoms with E-state index in [4.69, 9.17) is 11.6 Å². The lowest BCUT2D eigenvalue weighted by Crippen LogP contribution is -2.34. The van der Waals surface area contributed by atoms with E-state index in [0.717, 1.165) is 11.3 Å². The summed E-state index contributed by atoms with van der Waals surface area (Å²) in [7, 11) is 0. The van der Waals surface area contributed by atoms with Crippen LogP contribution in [0.1, 0.15) is 31.7 Å². The Morgan fingerprint density at radius 1 is 1.13 bits per heavy atom. The third kappa shape index (κ3) is 5.60. The number of nitrogens with one attached hydrogen (secondary N) is 1. The quantitative estimate of drug-likeness (QED) is 0.703. The Kier molecular flexibility index (Phi) is 7.00. The summed E-state index contributed by atoms with van der Waals surface area (Å²) in [4.78, 5) is 13.5. The van der Waals surface area contributed by atoms with Gasteiger partial charge in [0.15, 0.2) is 0 Å². The number of rotatable bonds is 7. The second kappa shape index (κ2) is 8.99. The molecule has 0 unspecified atom stereocenters. The van der Waals surface area contributed by atoms with E-state index in [9.17, 15) is 4.79 Å². The van der Waals surface area contributed by atoms with Crippen LogP contribution in [-0.2, 0) is 4.79 Å². The van der Waals surface area contributed by atoms with Crippen molar-refractivity contribution < 1.29 is 4.79 Å². The fourth-order valence-electron chi connectivity index (χ4n) is 2.27. The van der Waals surface area contributed by atoms with Crippen LogP contribution < -0.4 is 5.32 Å². The van der Waals surface area contributed by atoms with Gasteiger partial charge in [0, 0.05) is 16.5 Å². The highest BCUT2D eigenvalue weighted by molar-refractivity contribution is 8.00. The van der Waals surface area contributed by atoms with Crippen molar-refractivity contribution in [3.63, 3.8) is 0 Å². The number of benzene rings is 2. The molecule has 0 saturated heterocycles. The molecule has 0 heterocycles. The first-order valence-corrected chi connectivity index (χ1v) is 9.10. The Morgan fingerprint density at radius 2 is 1.78 bits per heavy atom. The highest BCUT2D eigenvalue weighted by Gasteiger charge is 2.18. The van der Waals surface area contributed by atoms with Crippen LogP contribution in [0.3, 0.4) is 0 Å². The Balaban J connectivity index is 1.88. The van der Waals surface area contributed by atoms with E-state index in [1.807, 2.05) is 49.4 Å². The van der Waals surface area contributed by atoms with Gasteiger partial charge in [0.1, 0.15) is 0 Å². The third-order valence-electron chi connectivity index (χ3n) is 3.71. The van der Waals surface area contributed by atoms with Crippen molar-refractivity contribution >= 4 is 29.3 Å². The molecule has 23 heavy (non-hydrogen) atoms. The van der Waals surface area contributed by atoms with Crippen LogP contribution in [0.2, 0.25) is 5.02 Å². The molecule has 2 atom stereocenters. The van der Waals surface area contributed by atoms with Gasteiger partial charge in [-0.05, 0) is 42.2 Å². The number of hydrogen-bond donors (Lipinski definition) is 1. The minimum Gasteiger partial charge on any atom is -0.355 e. The minimum atomic E-state index is -0.0841. The van der Waals surface area contributed by atoms with Crippen LogP contribution in [0.4, 0.5) is 0 Å². The maximum atomic E-state index is 12.4. The van der Waals surface area contributed by atoms with Gasteiger partial charge in [-0.15, -0.1) is 11.8 Å². The Labute approximate surface area is 147 Å². The Hall–Kier alpha value is -1.45. The van der Waals surface area contributed by atoms with Gasteiger partial charge in [0.05, 0.1) is 5.25 Å². The predicted octanol–water partition coefficient (Wildman–Crippen LogP) is 5.13. The van der Waals surface area contributed by atoms with Crippen LogP contribution in [0.5, 0.6) is 0 Å². The first kappa shape index (κ1) is 17.9. The molecule has 1 amide bonds. The summed E-state index contributed by atoms with van der Waals surface area (Å²) in [5.41, 5.74) is 1.24. The number of carbonyl (C=O) groups is 1. The Bertz CT molecular complexity index is 615. The Morgan fingerprint density at radius 3 is 2.39 bits per heavy atom. The van der Waals surface area contributed by atoms with E-state index in [1.54, 1.807) is 11.8 Å². The van der Waals surface area contributed by atoms with Crippen LogP contribution in [0.25, 0.3) is 0 Å². The number of hydrogen-bond acceptors (Lipinski definition) is 2. The monoisotopic (exact) mass is 347 g/mol. The van der Waals surface area contributed by atoms with Crippen molar-refractivity contribution in [2.24, 2.45) is 0 Å². The second-order valence-electron chi connectivity index (χ2n) is 5.53.